The van der Waals surface area contributed by atoms with Gasteiger partial charge in [-0.05, 0) is 12.1 Å². The van der Waals surface area contributed by atoms with Crippen LogP contribution in [0.15, 0.2) is 12.1 Å². The van der Waals surface area contributed by atoms with E-state index in [0.717, 1.165) is 23.9 Å². The second-order valence-electron chi connectivity index (χ2n) is 3.47. The van der Waals surface area contributed by atoms with Gasteiger partial charge in [0.25, 0.3) is 0 Å². The largest absolute Gasteiger partial charge is 0.391 e. The Bertz CT molecular complexity index is 480. The lowest BCUT2D eigenvalue weighted by atomic mass is 10.1. The molecule has 0 radical (unpaired) electrons. The van der Waals surface area contributed by atoms with E-state index >= 15 is 0 Å². The van der Waals surface area contributed by atoms with Gasteiger partial charge in [-0.3, -0.25) is 4.79 Å². The third kappa shape index (κ3) is 4.47. The topological polar surface area (TPSA) is 37.3 Å². The predicted molar refractivity (Wildman–Crippen MR) is 66.9 cm³/mol. The molecule has 0 bridgehead atoms. The fourth-order valence-corrected chi connectivity index (χ4v) is 1.73. The molecular formula is C13H12F2O2S. The fourth-order valence-electron chi connectivity index (χ4n) is 1.24. The van der Waals surface area contributed by atoms with E-state index in [4.69, 9.17) is 5.11 Å². The first-order valence-electron chi connectivity index (χ1n) is 5.25. The molecule has 1 aromatic rings. The summed E-state index contributed by atoms with van der Waals surface area (Å²) in [6.07, 6.45) is 0.467. The first-order chi connectivity index (χ1) is 8.54. The van der Waals surface area contributed by atoms with Gasteiger partial charge in [0, 0.05) is 30.2 Å². The Hall–Kier alpha value is -1.38. The van der Waals surface area contributed by atoms with E-state index in [2.05, 4.69) is 11.8 Å². The molecule has 18 heavy (non-hydrogen) atoms. The van der Waals surface area contributed by atoms with E-state index in [0.29, 0.717) is 12.2 Å². The summed E-state index contributed by atoms with van der Waals surface area (Å²) in [5.74, 6) is 4.29. The van der Waals surface area contributed by atoms with Crippen LogP contribution in [0, 0.1) is 23.5 Å². The lowest BCUT2D eigenvalue weighted by Gasteiger charge is -2.01. The summed E-state index contributed by atoms with van der Waals surface area (Å²) in [7, 11) is 0. The van der Waals surface area contributed by atoms with Gasteiger partial charge in [-0.1, -0.05) is 23.6 Å². The van der Waals surface area contributed by atoms with Crippen LogP contribution in [0.2, 0.25) is 0 Å². The van der Waals surface area contributed by atoms with Crippen LogP contribution in [-0.4, -0.2) is 16.0 Å². The highest BCUT2D eigenvalue weighted by Crippen LogP contribution is 2.14. The number of hydrogen-bond acceptors (Lipinski definition) is 3. The Morgan fingerprint density at radius 2 is 2.00 bits per heavy atom. The normalized spacial score (nSPS) is 9.78. The molecule has 2 nitrogen and oxygen atoms in total. The number of hydrogen-bond donors (Lipinski definition) is 1. The molecule has 0 aliphatic heterocycles. The maximum absolute atomic E-state index is 13.3. The van der Waals surface area contributed by atoms with Gasteiger partial charge in [-0.25, -0.2) is 8.78 Å². The number of carbonyl (C=O) groups excluding carboxylic acids is 1. The van der Waals surface area contributed by atoms with Crippen LogP contribution in [0.4, 0.5) is 8.78 Å². The van der Waals surface area contributed by atoms with Crippen molar-refractivity contribution in [2.24, 2.45) is 0 Å². The monoisotopic (exact) mass is 270 g/mol. The van der Waals surface area contributed by atoms with Gasteiger partial charge in [0.15, 0.2) is 5.12 Å². The maximum atomic E-state index is 13.3. The SMILES string of the molecule is CC(=O)SCCC#Cc1cc(F)c(CO)c(F)c1. The summed E-state index contributed by atoms with van der Waals surface area (Å²) in [6.45, 7) is 0.789. The predicted octanol–water partition coefficient (Wildman–Crippen LogP) is 2.48. The molecule has 0 spiro atoms. The van der Waals surface area contributed by atoms with Gasteiger partial charge in [-0.15, -0.1) is 0 Å². The molecule has 0 heterocycles. The molecule has 0 amide bonds. The number of benzene rings is 1. The molecule has 5 heteroatoms. The minimum absolute atomic E-state index is 0.0150. The molecule has 0 aromatic heterocycles. The number of halogens is 2. The zero-order valence-corrected chi connectivity index (χ0v) is 10.6. The summed E-state index contributed by atoms with van der Waals surface area (Å²) >= 11 is 1.16. The van der Waals surface area contributed by atoms with E-state index in [-0.39, 0.29) is 16.2 Å². The van der Waals surface area contributed by atoms with Crippen molar-refractivity contribution in [1.29, 1.82) is 0 Å². The summed E-state index contributed by atoms with van der Waals surface area (Å²) in [4.78, 5) is 10.6. The Balaban J connectivity index is 2.69. The van der Waals surface area contributed by atoms with E-state index < -0.39 is 18.2 Å². The van der Waals surface area contributed by atoms with Crippen LogP contribution in [0.3, 0.4) is 0 Å². The molecule has 1 rings (SSSR count). The van der Waals surface area contributed by atoms with Gasteiger partial charge >= 0.3 is 0 Å². The molecule has 1 aromatic carbocycles. The van der Waals surface area contributed by atoms with Crippen LogP contribution in [-0.2, 0) is 11.4 Å². The zero-order valence-electron chi connectivity index (χ0n) is 9.80. The molecular weight excluding hydrogens is 258 g/mol. The van der Waals surface area contributed by atoms with Crippen molar-refractivity contribution in [3.8, 4) is 11.8 Å². The van der Waals surface area contributed by atoms with Gasteiger partial charge in [-0.2, -0.15) is 0 Å². The van der Waals surface area contributed by atoms with Crippen LogP contribution >= 0.6 is 11.8 Å². The Morgan fingerprint density at radius 3 is 2.50 bits per heavy atom. The van der Waals surface area contributed by atoms with Crippen molar-refractivity contribution in [2.75, 3.05) is 5.75 Å². The number of rotatable bonds is 3. The number of aliphatic hydroxyl groups excluding tert-OH is 1. The lowest BCUT2D eigenvalue weighted by Crippen LogP contribution is -1.96. The van der Waals surface area contributed by atoms with E-state index in [1.165, 1.54) is 6.92 Å². The van der Waals surface area contributed by atoms with E-state index in [1.54, 1.807) is 0 Å². The molecule has 0 fully saturated rings. The number of carbonyl (C=O) groups is 1. The van der Waals surface area contributed by atoms with Crippen LogP contribution < -0.4 is 0 Å². The Morgan fingerprint density at radius 1 is 1.39 bits per heavy atom. The highest BCUT2D eigenvalue weighted by atomic mass is 32.2. The molecule has 0 aliphatic carbocycles. The minimum Gasteiger partial charge on any atom is -0.391 e. The highest BCUT2D eigenvalue weighted by molar-refractivity contribution is 8.13. The average molecular weight is 270 g/mol. The van der Waals surface area contributed by atoms with Crippen LogP contribution in [0.5, 0.6) is 0 Å². The lowest BCUT2D eigenvalue weighted by molar-refractivity contribution is -0.109. The third-order valence-electron chi connectivity index (χ3n) is 2.06. The summed E-state index contributed by atoms with van der Waals surface area (Å²) in [5, 5.41) is 8.75. The van der Waals surface area contributed by atoms with E-state index in [1.807, 2.05) is 0 Å². The molecule has 1 N–H and O–H groups in total. The van der Waals surface area contributed by atoms with Gasteiger partial charge in [0.2, 0.25) is 0 Å². The molecule has 0 saturated carbocycles. The molecule has 0 saturated heterocycles. The molecule has 0 unspecified atom stereocenters. The van der Waals surface area contributed by atoms with Crippen molar-refractivity contribution in [1.82, 2.24) is 0 Å². The maximum Gasteiger partial charge on any atom is 0.185 e. The number of aliphatic hydroxyl groups is 1. The van der Waals surface area contributed by atoms with Crippen molar-refractivity contribution < 1.29 is 18.7 Å². The molecule has 0 aliphatic rings. The second kappa shape index (κ2) is 7.14. The zero-order chi connectivity index (χ0) is 13.5. The molecule has 0 atom stereocenters. The summed E-state index contributed by atoms with van der Waals surface area (Å²) in [5.41, 5.74) is -0.136. The first-order valence-corrected chi connectivity index (χ1v) is 6.24. The van der Waals surface area contributed by atoms with Crippen LogP contribution in [0.25, 0.3) is 0 Å². The summed E-state index contributed by atoms with van der Waals surface area (Å²) in [6, 6.07) is 2.17. The first kappa shape index (κ1) is 14.7. The minimum atomic E-state index is -0.806. The van der Waals surface area contributed by atoms with Gasteiger partial charge < -0.3 is 5.11 Å². The standard InChI is InChI=1S/C13H12F2O2S/c1-9(17)18-5-3-2-4-10-6-12(14)11(8-16)13(15)7-10/h6-7,16H,3,5,8H2,1H3. The highest BCUT2D eigenvalue weighted by Gasteiger charge is 2.08. The van der Waals surface area contributed by atoms with Crippen molar-refractivity contribution >= 4 is 16.9 Å². The summed E-state index contributed by atoms with van der Waals surface area (Å²) < 4.78 is 26.6. The second-order valence-corrected chi connectivity index (χ2v) is 4.74. The van der Waals surface area contributed by atoms with Crippen molar-refractivity contribution in [3.05, 3.63) is 34.9 Å². The van der Waals surface area contributed by atoms with Gasteiger partial charge in [0.05, 0.1) is 6.61 Å². The Kier molecular flexibility index (Phi) is 5.83. The third-order valence-corrected chi connectivity index (χ3v) is 2.88. The Labute approximate surface area is 108 Å². The van der Waals surface area contributed by atoms with Crippen LogP contribution in [0.1, 0.15) is 24.5 Å². The van der Waals surface area contributed by atoms with E-state index in [9.17, 15) is 13.6 Å². The van der Waals surface area contributed by atoms with Gasteiger partial charge in [0.1, 0.15) is 11.6 Å². The smallest absolute Gasteiger partial charge is 0.185 e. The van der Waals surface area contributed by atoms with Crippen molar-refractivity contribution in [2.45, 2.75) is 20.0 Å². The molecule has 96 valence electrons. The fraction of sp³-hybridized carbons (Fsp3) is 0.308. The van der Waals surface area contributed by atoms with Crippen molar-refractivity contribution in [3.63, 3.8) is 0 Å². The quantitative estimate of drug-likeness (QED) is 0.677. The number of thioether (sulfide) groups is 1. The average Bonchev–Trinajstić information content (AvgIpc) is 2.27.